The number of hydrogen-bond donors (Lipinski definition) is 2. The summed E-state index contributed by atoms with van der Waals surface area (Å²) < 4.78 is 49.2. The number of alkyl halides is 3. The zero-order valence-electron chi connectivity index (χ0n) is 12.4. The molecule has 3 rings (SSSR count). The number of carbonyl (C=O) groups is 1. The van der Waals surface area contributed by atoms with E-state index >= 15 is 0 Å². The smallest absolute Gasteiger partial charge is 0.450 e. The lowest BCUT2D eigenvalue weighted by molar-refractivity contribution is -0.154. The van der Waals surface area contributed by atoms with Crippen LogP contribution in [0.15, 0.2) is 28.7 Å². The normalized spacial score (nSPS) is 19.6. The molecule has 1 heterocycles. The van der Waals surface area contributed by atoms with E-state index in [9.17, 15) is 28.2 Å². The third-order valence-electron chi connectivity index (χ3n) is 3.82. The first kappa shape index (κ1) is 16.5. The standard InChI is InChI=1S/C16H13F3O5/c1-2-23-15(22)10-9-11(20)7-5-3-4-6-8(7)12(21)13(9)24-14(10)16(17,18)19/h3-6,11-12,20-21H,2H2,1H3. The lowest BCUT2D eigenvalue weighted by atomic mass is 9.84. The fraction of sp³-hybridized carbons (Fsp3) is 0.312. The summed E-state index contributed by atoms with van der Waals surface area (Å²) in [5.41, 5.74) is -0.889. The summed E-state index contributed by atoms with van der Waals surface area (Å²) in [6, 6.07) is 6.06. The van der Waals surface area contributed by atoms with Gasteiger partial charge in [-0.3, -0.25) is 0 Å². The Labute approximate surface area is 134 Å². The number of benzene rings is 1. The fourth-order valence-corrected chi connectivity index (χ4v) is 2.85. The summed E-state index contributed by atoms with van der Waals surface area (Å²) in [6.07, 6.45) is -8.05. The van der Waals surface area contributed by atoms with Crippen LogP contribution < -0.4 is 0 Å². The number of rotatable bonds is 2. The lowest BCUT2D eigenvalue weighted by Crippen LogP contribution is -2.20. The predicted molar refractivity (Wildman–Crippen MR) is 74.2 cm³/mol. The highest BCUT2D eigenvalue weighted by molar-refractivity contribution is 5.93. The van der Waals surface area contributed by atoms with Crippen molar-refractivity contribution in [2.24, 2.45) is 0 Å². The van der Waals surface area contributed by atoms with Crippen LogP contribution in [0.5, 0.6) is 0 Å². The minimum atomic E-state index is -4.98. The molecule has 128 valence electrons. The Kier molecular flexibility index (Phi) is 3.89. The van der Waals surface area contributed by atoms with Crippen molar-refractivity contribution >= 4 is 5.97 Å². The van der Waals surface area contributed by atoms with Gasteiger partial charge in [0.15, 0.2) is 0 Å². The molecule has 8 heteroatoms. The summed E-state index contributed by atoms with van der Waals surface area (Å²) in [5.74, 6) is -3.35. The van der Waals surface area contributed by atoms with E-state index in [1.807, 2.05) is 0 Å². The van der Waals surface area contributed by atoms with Crippen molar-refractivity contribution in [2.45, 2.75) is 25.3 Å². The van der Waals surface area contributed by atoms with Gasteiger partial charge >= 0.3 is 12.1 Å². The van der Waals surface area contributed by atoms with Gasteiger partial charge in [0.2, 0.25) is 5.76 Å². The molecule has 2 aromatic rings. The molecular formula is C16H13F3O5. The minimum absolute atomic E-state index is 0.148. The Morgan fingerprint density at radius 2 is 1.79 bits per heavy atom. The maximum Gasteiger partial charge on any atom is 0.450 e. The topological polar surface area (TPSA) is 79.9 Å². The summed E-state index contributed by atoms with van der Waals surface area (Å²) >= 11 is 0. The van der Waals surface area contributed by atoms with Crippen molar-refractivity contribution < 1.29 is 37.3 Å². The molecule has 2 N–H and O–H groups in total. The van der Waals surface area contributed by atoms with Crippen LogP contribution in [0.4, 0.5) is 13.2 Å². The number of halogens is 3. The molecule has 24 heavy (non-hydrogen) atoms. The minimum Gasteiger partial charge on any atom is -0.462 e. The molecule has 0 saturated carbocycles. The zero-order valence-corrected chi connectivity index (χ0v) is 12.4. The van der Waals surface area contributed by atoms with Gasteiger partial charge in [-0.1, -0.05) is 24.3 Å². The van der Waals surface area contributed by atoms with Crippen molar-refractivity contribution in [3.05, 3.63) is 58.0 Å². The SMILES string of the molecule is CCOC(=O)c1c(C(F)(F)F)oc2c1C(O)c1ccccc1C2O. The number of aliphatic hydroxyl groups is 2. The quantitative estimate of drug-likeness (QED) is 0.821. The molecule has 0 bridgehead atoms. The van der Waals surface area contributed by atoms with Gasteiger partial charge < -0.3 is 19.4 Å². The van der Waals surface area contributed by atoms with Gasteiger partial charge in [-0.25, -0.2) is 4.79 Å². The van der Waals surface area contributed by atoms with Crippen LogP contribution in [0.2, 0.25) is 0 Å². The van der Waals surface area contributed by atoms with Crippen LogP contribution in [-0.2, 0) is 10.9 Å². The Bertz CT molecular complexity index is 793. The molecule has 1 aromatic heterocycles. The summed E-state index contributed by atoms with van der Waals surface area (Å²) in [7, 11) is 0. The largest absolute Gasteiger partial charge is 0.462 e. The second-order valence-corrected chi connectivity index (χ2v) is 5.24. The molecule has 5 nitrogen and oxygen atoms in total. The van der Waals surface area contributed by atoms with Crippen LogP contribution in [0.1, 0.15) is 57.7 Å². The van der Waals surface area contributed by atoms with E-state index in [0.717, 1.165) is 0 Å². The molecule has 1 aliphatic rings. The molecule has 1 aromatic carbocycles. The van der Waals surface area contributed by atoms with Gasteiger partial charge in [0.25, 0.3) is 0 Å². The lowest BCUT2D eigenvalue weighted by Gasteiger charge is -2.25. The van der Waals surface area contributed by atoms with Gasteiger partial charge in [0.05, 0.1) is 6.61 Å². The second-order valence-electron chi connectivity index (χ2n) is 5.24. The Hall–Kier alpha value is -2.32. The number of fused-ring (bicyclic) bond motifs is 2. The van der Waals surface area contributed by atoms with Crippen LogP contribution in [0, 0.1) is 0 Å². The highest BCUT2D eigenvalue weighted by Gasteiger charge is 2.47. The van der Waals surface area contributed by atoms with Gasteiger partial charge in [0, 0.05) is 5.56 Å². The number of hydrogen-bond acceptors (Lipinski definition) is 5. The number of aliphatic hydroxyl groups excluding tert-OH is 2. The fourth-order valence-electron chi connectivity index (χ4n) is 2.85. The average Bonchev–Trinajstić information content (AvgIpc) is 2.94. The second kappa shape index (κ2) is 5.64. The third kappa shape index (κ3) is 2.38. The monoisotopic (exact) mass is 342 g/mol. The van der Waals surface area contributed by atoms with E-state index in [1.165, 1.54) is 19.1 Å². The molecule has 2 unspecified atom stereocenters. The predicted octanol–water partition coefficient (Wildman–Crippen LogP) is 2.95. The molecule has 1 aliphatic carbocycles. The van der Waals surface area contributed by atoms with Crippen LogP contribution in [0.3, 0.4) is 0 Å². The summed E-state index contributed by atoms with van der Waals surface area (Å²) in [4.78, 5) is 12.0. The van der Waals surface area contributed by atoms with Crippen LogP contribution in [0.25, 0.3) is 0 Å². The van der Waals surface area contributed by atoms with Crippen molar-refractivity contribution in [3.63, 3.8) is 0 Å². The first-order chi connectivity index (χ1) is 11.3. The van der Waals surface area contributed by atoms with E-state index in [2.05, 4.69) is 4.74 Å². The number of furan rings is 1. The van der Waals surface area contributed by atoms with Crippen molar-refractivity contribution in [2.75, 3.05) is 6.61 Å². The molecule has 0 saturated heterocycles. The Morgan fingerprint density at radius 1 is 1.21 bits per heavy atom. The van der Waals surface area contributed by atoms with Crippen molar-refractivity contribution in [1.29, 1.82) is 0 Å². The van der Waals surface area contributed by atoms with E-state index < -0.39 is 47.0 Å². The van der Waals surface area contributed by atoms with Gasteiger partial charge in [-0.2, -0.15) is 13.2 Å². The maximum absolute atomic E-state index is 13.3. The molecule has 2 atom stereocenters. The van der Waals surface area contributed by atoms with Gasteiger partial charge in [-0.15, -0.1) is 0 Å². The highest BCUT2D eigenvalue weighted by Crippen LogP contribution is 2.48. The summed E-state index contributed by atoms with van der Waals surface area (Å²) in [6.45, 7) is 1.30. The van der Waals surface area contributed by atoms with Crippen LogP contribution >= 0.6 is 0 Å². The number of carbonyl (C=O) groups excluding carboxylic acids is 1. The molecule has 0 fully saturated rings. The van der Waals surface area contributed by atoms with Crippen LogP contribution in [-0.4, -0.2) is 22.8 Å². The van der Waals surface area contributed by atoms with Crippen molar-refractivity contribution in [3.8, 4) is 0 Å². The van der Waals surface area contributed by atoms with Gasteiger partial charge in [-0.05, 0) is 18.1 Å². The average molecular weight is 342 g/mol. The van der Waals surface area contributed by atoms with E-state index in [0.29, 0.717) is 0 Å². The molecule has 0 aliphatic heterocycles. The zero-order chi connectivity index (χ0) is 17.6. The molecule has 0 spiro atoms. The van der Waals surface area contributed by atoms with E-state index in [1.54, 1.807) is 12.1 Å². The number of esters is 1. The Balaban J connectivity index is 2.28. The first-order valence-electron chi connectivity index (χ1n) is 7.13. The molecule has 0 amide bonds. The van der Waals surface area contributed by atoms with E-state index in [4.69, 9.17) is 4.42 Å². The molecule has 0 radical (unpaired) electrons. The number of ether oxygens (including phenoxy) is 1. The highest BCUT2D eigenvalue weighted by atomic mass is 19.4. The summed E-state index contributed by atoms with van der Waals surface area (Å²) in [5, 5.41) is 20.8. The van der Waals surface area contributed by atoms with Crippen molar-refractivity contribution in [1.82, 2.24) is 0 Å². The Morgan fingerprint density at radius 3 is 2.33 bits per heavy atom. The van der Waals surface area contributed by atoms with Gasteiger partial charge in [0.1, 0.15) is 23.5 Å². The first-order valence-corrected chi connectivity index (χ1v) is 7.13. The third-order valence-corrected chi connectivity index (χ3v) is 3.82. The van der Waals surface area contributed by atoms with E-state index in [-0.39, 0.29) is 17.7 Å². The molecular weight excluding hydrogens is 329 g/mol. The maximum atomic E-state index is 13.3.